The number of phenols is 1. The van der Waals surface area contributed by atoms with E-state index in [0.717, 1.165) is 0 Å². The lowest BCUT2D eigenvalue weighted by Crippen LogP contribution is -2.71. The maximum atomic E-state index is 12.8. The van der Waals surface area contributed by atoms with Crippen molar-refractivity contribution in [3.8, 4) is 5.75 Å². The highest BCUT2D eigenvalue weighted by Gasteiger charge is 2.64. The van der Waals surface area contributed by atoms with Gasteiger partial charge in [0.15, 0.2) is 0 Å². The molecule has 2 fully saturated rings. The van der Waals surface area contributed by atoms with Crippen LogP contribution in [0.4, 0.5) is 4.79 Å². The Hall–Kier alpha value is -2.99. The number of carbonyl (C=O) groups excluding carboxylic acids is 4. The molecule has 0 aliphatic carbocycles. The van der Waals surface area contributed by atoms with Gasteiger partial charge in [-0.25, -0.2) is 9.59 Å². The fourth-order valence-corrected chi connectivity index (χ4v) is 5.20. The molecule has 2 unspecified atom stereocenters. The van der Waals surface area contributed by atoms with Crippen LogP contribution in [0.15, 0.2) is 24.3 Å². The highest BCUT2D eigenvalue weighted by atomic mass is 32.2. The zero-order chi connectivity index (χ0) is 23.6. The zero-order valence-electron chi connectivity index (χ0n) is 17.8. The summed E-state index contributed by atoms with van der Waals surface area (Å²) in [5.74, 6) is -1.68. The van der Waals surface area contributed by atoms with Crippen molar-refractivity contribution in [1.82, 2.24) is 10.2 Å². The van der Waals surface area contributed by atoms with Crippen LogP contribution in [0.25, 0.3) is 0 Å². The van der Waals surface area contributed by atoms with Crippen LogP contribution in [-0.4, -0.2) is 69.5 Å². The Kier molecular flexibility index (Phi) is 6.84. The number of ether oxygens (including phenoxy) is 3. The third kappa shape index (κ3) is 4.60. The molecule has 2 amide bonds. The van der Waals surface area contributed by atoms with Crippen molar-refractivity contribution in [3.63, 3.8) is 0 Å². The molecule has 2 saturated heterocycles. The largest absolute Gasteiger partial charge is 0.511 e. The summed E-state index contributed by atoms with van der Waals surface area (Å²) in [6.45, 7) is 4.65. The average molecular weight is 468 g/mol. The van der Waals surface area contributed by atoms with Crippen molar-refractivity contribution >= 4 is 35.7 Å². The van der Waals surface area contributed by atoms with Crippen LogP contribution in [0.3, 0.4) is 0 Å². The van der Waals surface area contributed by atoms with E-state index in [9.17, 15) is 24.3 Å². The van der Waals surface area contributed by atoms with E-state index < -0.39 is 59.0 Å². The summed E-state index contributed by atoms with van der Waals surface area (Å²) in [6.07, 6.45) is -0.967. The predicted molar refractivity (Wildman–Crippen MR) is 112 cm³/mol. The van der Waals surface area contributed by atoms with E-state index >= 15 is 0 Å². The predicted octanol–water partition coefficient (Wildman–Crippen LogP) is 0.613. The summed E-state index contributed by atoms with van der Waals surface area (Å²) in [4.78, 5) is 50.5. The molecule has 12 heteroatoms. The molecule has 32 heavy (non-hydrogen) atoms. The van der Waals surface area contributed by atoms with Gasteiger partial charge in [-0.3, -0.25) is 9.59 Å². The van der Waals surface area contributed by atoms with Crippen LogP contribution in [0.2, 0.25) is 0 Å². The smallest absolute Gasteiger partial charge is 0.508 e. The second-order valence-electron chi connectivity index (χ2n) is 7.72. The van der Waals surface area contributed by atoms with E-state index in [4.69, 9.17) is 10.5 Å². The van der Waals surface area contributed by atoms with Gasteiger partial charge in [0, 0.05) is 4.75 Å². The third-order valence-electron chi connectivity index (χ3n) is 5.14. The van der Waals surface area contributed by atoms with Crippen molar-refractivity contribution in [2.24, 2.45) is 5.73 Å². The molecule has 11 nitrogen and oxygen atoms in total. The van der Waals surface area contributed by atoms with Crippen LogP contribution in [0, 0.1) is 0 Å². The average Bonchev–Trinajstić information content (AvgIpc) is 2.99. The molecule has 1 aromatic rings. The highest BCUT2D eigenvalue weighted by molar-refractivity contribution is 8.01. The van der Waals surface area contributed by atoms with Crippen LogP contribution in [0.5, 0.6) is 5.75 Å². The lowest BCUT2D eigenvalue weighted by atomic mass is 9.95. The van der Waals surface area contributed by atoms with Crippen LogP contribution in [0.1, 0.15) is 32.4 Å². The number of phenolic OH excluding ortho intramolecular Hbond substituents is 1. The summed E-state index contributed by atoms with van der Waals surface area (Å²) in [5.41, 5.74) is 6.45. The Morgan fingerprint density at radius 3 is 2.50 bits per heavy atom. The number of nitrogens with two attached hydrogens (primary N) is 1. The van der Waals surface area contributed by atoms with Crippen molar-refractivity contribution < 1.29 is 38.5 Å². The number of hydrogen-bond acceptors (Lipinski definition) is 10. The first kappa shape index (κ1) is 23.7. The Balaban J connectivity index is 1.60. The minimum Gasteiger partial charge on any atom is -0.508 e. The monoisotopic (exact) mass is 467 g/mol. The van der Waals surface area contributed by atoms with Gasteiger partial charge in [-0.05, 0) is 38.5 Å². The Labute approximate surface area is 188 Å². The number of rotatable bonds is 7. The summed E-state index contributed by atoms with van der Waals surface area (Å²) in [5, 5.41) is 11.5. The maximum absolute atomic E-state index is 12.8. The number of nitrogens with one attached hydrogen (secondary N) is 1. The first-order valence-corrected chi connectivity index (χ1v) is 10.8. The molecule has 3 rings (SSSR count). The number of thioether (sulfide) groups is 1. The van der Waals surface area contributed by atoms with E-state index in [1.807, 2.05) is 0 Å². The molecule has 174 valence electrons. The standard InChI is InChI=1S/C20H25N3O8S/c1-4-29-19(28)31-9-30-18(27)14-20(2,3)32-17-13(16(26)23(14)17)22-15(25)12(21)10-5-7-11(24)8-6-10/h5-8,12-14,17,24H,4,9,21H2,1-3H3,(H,22,25)/t12?,13?,14-,17+/m0/s1. The van der Waals surface area contributed by atoms with Crippen LogP contribution < -0.4 is 11.1 Å². The van der Waals surface area contributed by atoms with Gasteiger partial charge in [0.05, 0.1) is 6.61 Å². The molecular weight excluding hydrogens is 442 g/mol. The summed E-state index contributed by atoms with van der Waals surface area (Å²) in [6, 6.07) is 3.07. The van der Waals surface area contributed by atoms with Gasteiger partial charge >= 0.3 is 12.1 Å². The number of amides is 2. The fourth-order valence-electron chi connectivity index (χ4n) is 3.58. The maximum Gasteiger partial charge on any atom is 0.511 e. The van der Waals surface area contributed by atoms with Gasteiger partial charge in [-0.1, -0.05) is 12.1 Å². The Bertz CT molecular complexity index is 907. The van der Waals surface area contributed by atoms with E-state index in [0.29, 0.717) is 5.56 Å². The first-order chi connectivity index (χ1) is 15.1. The molecule has 2 aliphatic rings. The molecular formula is C20H25N3O8S. The number of benzene rings is 1. The highest BCUT2D eigenvalue weighted by Crippen LogP contribution is 2.51. The first-order valence-electron chi connectivity index (χ1n) is 9.88. The fraction of sp³-hybridized carbons (Fsp3) is 0.500. The van der Waals surface area contributed by atoms with E-state index in [1.54, 1.807) is 20.8 Å². The van der Waals surface area contributed by atoms with Gasteiger partial charge in [0.25, 0.3) is 0 Å². The van der Waals surface area contributed by atoms with Gasteiger partial charge in [0.2, 0.25) is 18.6 Å². The molecule has 4 atom stereocenters. The van der Waals surface area contributed by atoms with Crippen molar-refractivity contribution in [3.05, 3.63) is 29.8 Å². The zero-order valence-corrected chi connectivity index (χ0v) is 18.6. The molecule has 2 aliphatic heterocycles. The molecule has 0 aromatic heterocycles. The molecule has 0 bridgehead atoms. The topological polar surface area (TPSA) is 157 Å². The summed E-state index contributed by atoms with van der Waals surface area (Å²) in [7, 11) is 0. The number of aromatic hydroxyl groups is 1. The molecule has 0 spiro atoms. The van der Waals surface area contributed by atoms with E-state index in [-0.39, 0.29) is 12.4 Å². The Morgan fingerprint density at radius 2 is 1.88 bits per heavy atom. The molecule has 2 heterocycles. The molecule has 0 radical (unpaired) electrons. The minimum absolute atomic E-state index is 0.0429. The minimum atomic E-state index is -1.03. The second kappa shape index (κ2) is 9.25. The van der Waals surface area contributed by atoms with Gasteiger partial charge in [-0.15, -0.1) is 11.8 Å². The van der Waals surface area contributed by atoms with Crippen molar-refractivity contribution in [2.75, 3.05) is 13.4 Å². The van der Waals surface area contributed by atoms with Gasteiger partial charge in [0.1, 0.15) is 29.2 Å². The van der Waals surface area contributed by atoms with Gasteiger partial charge in [-0.2, -0.15) is 0 Å². The second-order valence-corrected chi connectivity index (χ2v) is 9.49. The normalized spacial score (nSPS) is 24.1. The SMILES string of the molecule is CCOC(=O)OCOC(=O)[C@@H]1N2C(=O)C(NC(=O)C(N)c3ccc(O)cc3)[C@H]2SC1(C)C. The number of nitrogens with zero attached hydrogens (tertiary/aromatic N) is 1. The van der Waals surface area contributed by atoms with Crippen LogP contribution in [-0.2, 0) is 28.6 Å². The molecule has 0 saturated carbocycles. The molecule has 4 N–H and O–H groups in total. The lowest BCUT2D eigenvalue weighted by Gasteiger charge is -2.44. The van der Waals surface area contributed by atoms with Crippen molar-refractivity contribution in [2.45, 2.75) is 49.0 Å². The quantitative estimate of drug-likeness (QED) is 0.295. The number of carbonyl (C=O) groups is 4. The Morgan fingerprint density at radius 1 is 1.22 bits per heavy atom. The summed E-state index contributed by atoms with van der Waals surface area (Å²) >= 11 is 1.35. The number of hydrogen-bond donors (Lipinski definition) is 3. The molecule has 1 aromatic carbocycles. The van der Waals surface area contributed by atoms with Gasteiger partial charge < -0.3 is 35.3 Å². The van der Waals surface area contributed by atoms with Crippen LogP contribution >= 0.6 is 11.8 Å². The lowest BCUT2D eigenvalue weighted by molar-refractivity contribution is -0.170. The van der Waals surface area contributed by atoms with E-state index in [2.05, 4.69) is 14.8 Å². The number of fused-ring (bicyclic) bond motifs is 1. The number of esters is 1. The van der Waals surface area contributed by atoms with Crippen molar-refractivity contribution in [1.29, 1.82) is 0 Å². The van der Waals surface area contributed by atoms with E-state index in [1.165, 1.54) is 40.9 Å². The number of β-lactam (4-membered cyclic amide) rings is 1. The summed E-state index contributed by atoms with van der Waals surface area (Å²) < 4.78 is 13.5. The third-order valence-corrected chi connectivity index (χ3v) is 6.71.